The third-order valence-corrected chi connectivity index (χ3v) is 5.72. The molecule has 0 aromatic rings. The lowest BCUT2D eigenvalue weighted by Gasteiger charge is -2.45. The van der Waals surface area contributed by atoms with Crippen LogP contribution in [0, 0.1) is 23.2 Å². The molecule has 2 rings (SSSR count). The molecule has 100 valence electrons. The molecule has 2 fully saturated rings. The Morgan fingerprint density at radius 2 is 2.06 bits per heavy atom. The number of hydrogen-bond donors (Lipinski definition) is 2. The van der Waals surface area contributed by atoms with Crippen LogP contribution in [0.4, 0.5) is 0 Å². The Bertz CT molecular complexity index is 262. The Morgan fingerprint density at radius 3 is 2.71 bits per heavy atom. The molecule has 0 radical (unpaired) electrons. The minimum atomic E-state index is 0.353. The predicted molar refractivity (Wildman–Crippen MR) is 76.1 cm³/mol. The van der Waals surface area contributed by atoms with Crippen LogP contribution in [0.5, 0.6) is 0 Å². The second-order valence-corrected chi connectivity index (χ2v) is 6.57. The summed E-state index contributed by atoms with van der Waals surface area (Å²) in [6.07, 6.45) is 6.70. The zero-order chi connectivity index (χ0) is 12.5. The van der Waals surface area contributed by atoms with E-state index in [1.807, 2.05) is 0 Å². The van der Waals surface area contributed by atoms with E-state index in [1.165, 1.54) is 32.1 Å². The Morgan fingerprint density at radius 1 is 1.29 bits per heavy atom. The van der Waals surface area contributed by atoms with Crippen LogP contribution < -0.4 is 0 Å². The van der Waals surface area contributed by atoms with Crippen molar-refractivity contribution < 1.29 is 8.37 Å². The van der Waals surface area contributed by atoms with Crippen molar-refractivity contribution in [3.63, 3.8) is 0 Å². The summed E-state index contributed by atoms with van der Waals surface area (Å²) in [5.74, 6) is 2.01. The van der Waals surface area contributed by atoms with Crippen LogP contribution in [0.3, 0.4) is 0 Å². The highest BCUT2D eigenvalue weighted by atomic mass is 32.1. The van der Waals surface area contributed by atoms with Gasteiger partial charge in [0, 0.05) is 0 Å². The van der Waals surface area contributed by atoms with Gasteiger partial charge in [0.2, 0.25) is 0 Å². The predicted octanol–water partition coefficient (Wildman–Crippen LogP) is 3.93. The number of fused-ring (bicyclic) bond motifs is 1. The largest absolute Gasteiger partial charge is 0.318 e. The summed E-state index contributed by atoms with van der Waals surface area (Å²) in [6, 6.07) is 0. The second-order valence-electron chi connectivity index (χ2n) is 6.11. The zero-order valence-electron chi connectivity index (χ0n) is 10.8. The maximum absolute atomic E-state index is 5.41. The molecular formula is C13H24O2S2. The fourth-order valence-corrected chi connectivity index (χ4v) is 4.94. The third-order valence-electron chi connectivity index (χ3n) is 5.30. The normalized spacial score (nSPS) is 43.4. The maximum atomic E-state index is 5.41. The maximum Gasteiger partial charge on any atom is 0.0752 e. The van der Waals surface area contributed by atoms with Gasteiger partial charge in [0.25, 0.3) is 0 Å². The van der Waals surface area contributed by atoms with Crippen molar-refractivity contribution >= 4 is 25.8 Å². The van der Waals surface area contributed by atoms with E-state index in [4.69, 9.17) is 8.37 Å². The van der Waals surface area contributed by atoms with Crippen molar-refractivity contribution in [2.45, 2.75) is 52.1 Å². The van der Waals surface area contributed by atoms with Gasteiger partial charge in [0.05, 0.1) is 12.7 Å². The van der Waals surface area contributed by atoms with Gasteiger partial charge in [-0.2, -0.15) is 0 Å². The average Bonchev–Trinajstić information content (AvgIpc) is 2.66. The third kappa shape index (κ3) is 2.51. The molecule has 0 spiro atoms. The Hall–Kier alpha value is 0.620. The molecule has 0 heterocycles. The molecule has 2 nitrogen and oxygen atoms in total. The van der Waals surface area contributed by atoms with Crippen LogP contribution >= 0.6 is 25.8 Å². The molecule has 0 aromatic heterocycles. The highest BCUT2D eigenvalue weighted by Crippen LogP contribution is 2.58. The van der Waals surface area contributed by atoms with Gasteiger partial charge in [-0.05, 0) is 74.7 Å². The molecule has 4 heteroatoms. The van der Waals surface area contributed by atoms with E-state index < -0.39 is 0 Å². The number of hydrogen-bond acceptors (Lipinski definition) is 4. The molecule has 0 saturated heterocycles. The second kappa shape index (κ2) is 5.72. The van der Waals surface area contributed by atoms with Gasteiger partial charge in [-0.25, -0.2) is 0 Å². The van der Waals surface area contributed by atoms with Gasteiger partial charge in [0.15, 0.2) is 0 Å². The average molecular weight is 276 g/mol. The van der Waals surface area contributed by atoms with Crippen LogP contribution in [0.2, 0.25) is 0 Å². The van der Waals surface area contributed by atoms with E-state index in [0.717, 1.165) is 12.5 Å². The Kier molecular flexibility index (Phi) is 4.73. The van der Waals surface area contributed by atoms with Crippen molar-refractivity contribution in [1.82, 2.24) is 0 Å². The van der Waals surface area contributed by atoms with Gasteiger partial charge in [-0.3, -0.25) is 0 Å². The van der Waals surface area contributed by atoms with E-state index in [9.17, 15) is 0 Å². The molecule has 2 saturated carbocycles. The van der Waals surface area contributed by atoms with Crippen molar-refractivity contribution in [1.29, 1.82) is 0 Å². The van der Waals surface area contributed by atoms with Gasteiger partial charge in [0.1, 0.15) is 0 Å². The Labute approximate surface area is 116 Å². The quantitative estimate of drug-likeness (QED) is 0.599. The van der Waals surface area contributed by atoms with Crippen LogP contribution in [0.15, 0.2) is 0 Å². The standard InChI is InChI=1S/C13H24O2S2/c1-9(8-14-16)10-5-6-11-12(15-17)4-3-7-13(10,11)2/h9-12,16-17H,3-8H2,1-2H3. The highest BCUT2D eigenvalue weighted by Gasteiger charge is 2.52. The first-order chi connectivity index (χ1) is 8.13. The summed E-state index contributed by atoms with van der Waals surface area (Å²) in [7, 11) is 0. The first kappa shape index (κ1) is 14.0. The molecule has 2 aliphatic carbocycles. The van der Waals surface area contributed by atoms with Crippen LogP contribution in [-0.4, -0.2) is 12.7 Å². The SMILES string of the molecule is CC(COS)C1CCC2C(OS)CCCC12C. The highest BCUT2D eigenvalue weighted by molar-refractivity contribution is 7.75. The van der Waals surface area contributed by atoms with Crippen molar-refractivity contribution in [3.8, 4) is 0 Å². The molecule has 0 N–H and O–H groups in total. The smallest absolute Gasteiger partial charge is 0.0752 e. The van der Waals surface area contributed by atoms with Gasteiger partial charge >= 0.3 is 0 Å². The molecule has 5 unspecified atom stereocenters. The minimum absolute atomic E-state index is 0.353. The first-order valence-electron chi connectivity index (χ1n) is 6.70. The van der Waals surface area contributed by atoms with Gasteiger partial charge < -0.3 is 8.37 Å². The lowest BCUT2D eigenvalue weighted by atomic mass is 9.62. The van der Waals surface area contributed by atoms with E-state index in [-0.39, 0.29) is 0 Å². The van der Waals surface area contributed by atoms with E-state index in [2.05, 4.69) is 39.7 Å². The van der Waals surface area contributed by atoms with E-state index in [1.54, 1.807) is 0 Å². The fraction of sp³-hybridized carbons (Fsp3) is 1.00. The van der Waals surface area contributed by atoms with Crippen molar-refractivity contribution in [2.24, 2.45) is 23.2 Å². The van der Waals surface area contributed by atoms with Crippen LogP contribution in [0.1, 0.15) is 46.0 Å². The lowest BCUT2D eigenvalue weighted by Crippen LogP contribution is -2.42. The zero-order valence-corrected chi connectivity index (χ0v) is 12.6. The molecule has 2 aliphatic rings. The van der Waals surface area contributed by atoms with Crippen molar-refractivity contribution in [3.05, 3.63) is 0 Å². The van der Waals surface area contributed by atoms with Gasteiger partial charge in [-0.15, -0.1) is 0 Å². The molecule has 5 atom stereocenters. The summed E-state index contributed by atoms with van der Waals surface area (Å²) in [5.41, 5.74) is 0.414. The molecule has 0 aromatic carbocycles. The molecule has 0 amide bonds. The van der Waals surface area contributed by atoms with E-state index >= 15 is 0 Å². The minimum Gasteiger partial charge on any atom is -0.318 e. The summed E-state index contributed by atoms with van der Waals surface area (Å²) in [4.78, 5) is 0. The Balaban J connectivity index is 2.12. The topological polar surface area (TPSA) is 18.5 Å². The summed E-state index contributed by atoms with van der Waals surface area (Å²) in [6.45, 7) is 5.49. The van der Waals surface area contributed by atoms with Gasteiger partial charge in [-0.1, -0.05) is 20.3 Å². The van der Waals surface area contributed by atoms with Crippen LogP contribution in [0.25, 0.3) is 0 Å². The number of thiol groups is 2. The molecular weight excluding hydrogens is 252 g/mol. The number of rotatable bonds is 4. The van der Waals surface area contributed by atoms with Crippen molar-refractivity contribution in [2.75, 3.05) is 6.61 Å². The molecule has 0 aliphatic heterocycles. The fourth-order valence-electron chi connectivity index (χ4n) is 4.45. The van der Waals surface area contributed by atoms with Crippen LogP contribution in [-0.2, 0) is 8.37 Å². The summed E-state index contributed by atoms with van der Waals surface area (Å²) < 4.78 is 10.4. The first-order valence-corrected chi connectivity index (χ1v) is 7.43. The molecule has 0 bridgehead atoms. The summed E-state index contributed by atoms with van der Waals surface area (Å²) >= 11 is 7.97. The lowest BCUT2D eigenvalue weighted by molar-refractivity contribution is -0.00898. The molecule has 17 heavy (non-hydrogen) atoms. The van der Waals surface area contributed by atoms with E-state index in [0.29, 0.717) is 23.4 Å². The summed E-state index contributed by atoms with van der Waals surface area (Å²) in [5, 5.41) is 0. The monoisotopic (exact) mass is 276 g/mol.